The Morgan fingerprint density at radius 1 is 1.09 bits per heavy atom. The van der Waals surface area contributed by atoms with E-state index in [1.54, 1.807) is 48.5 Å². The van der Waals surface area contributed by atoms with Crippen molar-refractivity contribution in [2.24, 2.45) is 5.16 Å². The molecule has 3 aromatic carbocycles. The van der Waals surface area contributed by atoms with Crippen LogP contribution in [0.1, 0.15) is 22.9 Å². The van der Waals surface area contributed by atoms with Crippen molar-refractivity contribution in [3.8, 4) is 5.75 Å². The highest BCUT2D eigenvalue weighted by Gasteiger charge is 2.55. The van der Waals surface area contributed by atoms with Crippen LogP contribution in [0, 0.1) is 11.6 Å². The summed E-state index contributed by atoms with van der Waals surface area (Å²) < 4.78 is 39.6. The summed E-state index contributed by atoms with van der Waals surface area (Å²) in [5, 5.41) is 15.9. The molecule has 0 aliphatic carbocycles. The molecule has 47 heavy (non-hydrogen) atoms. The Morgan fingerprint density at radius 2 is 1.77 bits per heavy atom. The summed E-state index contributed by atoms with van der Waals surface area (Å²) in [5.74, 6) is -4.19. The molecule has 3 heterocycles. The molecule has 1 unspecified atom stereocenters. The van der Waals surface area contributed by atoms with E-state index >= 15 is 0 Å². The van der Waals surface area contributed by atoms with Crippen LogP contribution in [0.25, 0.3) is 0 Å². The van der Waals surface area contributed by atoms with Gasteiger partial charge in [-0.25, -0.2) is 18.6 Å². The molecule has 11 nitrogen and oxygen atoms in total. The predicted octanol–water partition coefficient (Wildman–Crippen LogP) is 4.25. The van der Waals surface area contributed by atoms with Crippen LogP contribution < -0.4 is 15.8 Å². The maximum atomic E-state index is 14.4. The monoisotopic (exact) mass is 677 g/mol. The SMILES string of the molecule is Nc1nc(C(=NO)C(=O)NC2C(=O)N3C(C(=O)OC(c4ccccc4)c4ccccc4)=C(COc4ccc(F)cc4F)CS[C@@H]23)cs1. The van der Waals surface area contributed by atoms with Crippen molar-refractivity contribution < 1.29 is 37.8 Å². The number of nitrogens with two attached hydrogens (primary N) is 1. The highest BCUT2D eigenvalue weighted by Crippen LogP contribution is 2.42. The number of amides is 2. The van der Waals surface area contributed by atoms with Gasteiger partial charge in [0.15, 0.2) is 28.5 Å². The van der Waals surface area contributed by atoms with Gasteiger partial charge in [-0.15, -0.1) is 23.1 Å². The number of hydrogen-bond acceptors (Lipinski definition) is 11. The number of nitrogens with zero attached hydrogens (tertiary/aromatic N) is 3. The molecule has 2 aliphatic rings. The fourth-order valence-corrected chi connectivity index (χ4v) is 6.98. The molecule has 4 N–H and O–H groups in total. The fourth-order valence-electron chi connectivity index (χ4n) is 5.11. The number of β-lactam (4-membered cyclic amide) rings is 1. The number of rotatable bonds is 10. The van der Waals surface area contributed by atoms with E-state index in [0.717, 1.165) is 23.5 Å². The van der Waals surface area contributed by atoms with Crippen LogP contribution in [0.3, 0.4) is 0 Å². The number of carbonyl (C=O) groups excluding carboxylic acids is 3. The first kappa shape index (κ1) is 31.7. The average Bonchev–Trinajstić information content (AvgIpc) is 3.51. The number of thiazole rings is 1. The van der Waals surface area contributed by atoms with Gasteiger partial charge < -0.3 is 25.7 Å². The van der Waals surface area contributed by atoms with E-state index in [0.29, 0.717) is 22.8 Å². The van der Waals surface area contributed by atoms with Crippen molar-refractivity contribution in [2.45, 2.75) is 17.5 Å². The highest BCUT2D eigenvalue weighted by atomic mass is 32.2. The van der Waals surface area contributed by atoms with Crippen molar-refractivity contribution in [3.05, 3.63) is 124 Å². The standard InChI is InChI=1S/C32H25F2N5O6S2/c33-20-11-12-23(21(34)13-20)44-14-19-15-46-30-25(37-28(40)24(38-43)22-16-47-32(35)36-22)29(41)39(30)26(19)31(42)45-27(17-7-3-1-4-8-17)18-9-5-2-6-10-18/h1-13,16,25,27,30,43H,14-15H2,(H2,35,36)(H,37,40)/t25?,30-/m0/s1. The van der Waals surface area contributed by atoms with Crippen molar-refractivity contribution in [1.29, 1.82) is 0 Å². The number of anilines is 1. The first-order valence-electron chi connectivity index (χ1n) is 14.0. The number of carbonyl (C=O) groups is 3. The number of ether oxygens (including phenoxy) is 2. The summed E-state index contributed by atoms with van der Waals surface area (Å²) in [7, 11) is 0. The smallest absolute Gasteiger partial charge is 0.356 e. The molecule has 0 radical (unpaired) electrons. The maximum Gasteiger partial charge on any atom is 0.356 e. The molecule has 2 amide bonds. The van der Waals surface area contributed by atoms with E-state index in [4.69, 9.17) is 15.2 Å². The molecule has 4 aromatic rings. The van der Waals surface area contributed by atoms with E-state index in [-0.39, 0.29) is 34.6 Å². The van der Waals surface area contributed by atoms with Gasteiger partial charge in [0.25, 0.3) is 11.8 Å². The van der Waals surface area contributed by atoms with Gasteiger partial charge in [0.1, 0.15) is 35.2 Å². The molecule has 15 heteroatoms. The number of thioether (sulfide) groups is 1. The number of halogens is 2. The van der Waals surface area contributed by atoms with Crippen molar-refractivity contribution in [1.82, 2.24) is 15.2 Å². The maximum absolute atomic E-state index is 14.4. The average molecular weight is 678 g/mol. The van der Waals surface area contributed by atoms with Gasteiger partial charge >= 0.3 is 5.97 Å². The zero-order valence-corrected chi connectivity index (χ0v) is 25.8. The lowest BCUT2D eigenvalue weighted by Gasteiger charge is -2.49. The molecule has 2 aliphatic heterocycles. The first-order valence-corrected chi connectivity index (χ1v) is 16.0. The third-order valence-corrected chi connectivity index (χ3v) is 9.35. The van der Waals surface area contributed by atoms with Gasteiger partial charge in [-0.3, -0.25) is 14.5 Å². The minimum absolute atomic E-state index is 0.0249. The number of hydrogen-bond donors (Lipinski definition) is 3. The normalized spacial score (nSPS) is 17.6. The van der Waals surface area contributed by atoms with Crippen molar-refractivity contribution in [2.75, 3.05) is 18.1 Å². The van der Waals surface area contributed by atoms with Crippen LogP contribution in [-0.4, -0.2) is 62.4 Å². The summed E-state index contributed by atoms with van der Waals surface area (Å²) >= 11 is 2.26. The van der Waals surface area contributed by atoms with Crippen molar-refractivity contribution >= 4 is 51.7 Å². The lowest BCUT2D eigenvalue weighted by molar-refractivity contribution is -0.154. The lowest BCUT2D eigenvalue weighted by atomic mass is 10.0. The third kappa shape index (κ3) is 6.53. The zero-order chi connectivity index (χ0) is 33.1. The quantitative estimate of drug-likeness (QED) is 0.0735. The molecule has 1 saturated heterocycles. The van der Waals surface area contributed by atoms with E-state index in [2.05, 4.69) is 15.5 Å². The van der Waals surface area contributed by atoms with Gasteiger partial charge in [-0.05, 0) is 23.3 Å². The van der Waals surface area contributed by atoms with E-state index < -0.39 is 52.6 Å². The van der Waals surface area contributed by atoms with Crippen molar-refractivity contribution in [3.63, 3.8) is 0 Å². The summed E-state index contributed by atoms with van der Waals surface area (Å²) in [6, 6.07) is 19.8. The topological polar surface area (TPSA) is 156 Å². The molecular formula is C32H25F2N5O6S2. The number of esters is 1. The second-order valence-corrected chi connectivity index (χ2v) is 12.3. The van der Waals surface area contributed by atoms with Crippen LogP contribution in [-0.2, 0) is 19.1 Å². The summed E-state index contributed by atoms with van der Waals surface area (Å²) in [4.78, 5) is 45.9. The van der Waals surface area contributed by atoms with Gasteiger partial charge in [-0.1, -0.05) is 65.8 Å². The van der Waals surface area contributed by atoms with Crippen LogP contribution in [0.15, 0.2) is 101 Å². The van der Waals surface area contributed by atoms with Gasteiger partial charge in [-0.2, -0.15) is 0 Å². The number of aromatic nitrogens is 1. The second-order valence-electron chi connectivity index (χ2n) is 10.3. The molecule has 0 bridgehead atoms. The Bertz CT molecular complexity index is 1850. The van der Waals surface area contributed by atoms with Crippen LogP contribution in [0.4, 0.5) is 13.9 Å². The predicted molar refractivity (Wildman–Crippen MR) is 170 cm³/mol. The molecule has 0 saturated carbocycles. The molecule has 240 valence electrons. The molecule has 0 spiro atoms. The van der Waals surface area contributed by atoms with E-state index in [9.17, 15) is 28.4 Å². The summed E-state index contributed by atoms with van der Waals surface area (Å²) in [5.41, 5.74) is 6.78. The first-order chi connectivity index (χ1) is 22.7. The number of fused-ring (bicyclic) bond motifs is 1. The van der Waals surface area contributed by atoms with Gasteiger partial charge in [0, 0.05) is 22.8 Å². The molecule has 1 aromatic heterocycles. The second kappa shape index (κ2) is 13.6. The number of nitrogens with one attached hydrogen (secondary N) is 1. The largest absolute Gasteiger partial charge is 0.486 e. The van der Waals surface area contributed by atoms with Crippen LogP contribution in [0.5, 0.6) is 5.75 Å². The number of nitrogen functional groups attached to an aromatic ring is 1. The fraction of sp³-hybridized carbons (Fsp3) is 0.156. The number of oxime groups is 1. The lowest BCUT2D eigenvalue weighted by Crippen LogP contribution is -2.71. The molecular weight excluding hydrogens is 653 g/mol. The van der Waals surface area contributed by atoms with Crippen LogP contribution in [0.2, 0.25) is 0 Å². The Labute approximate surface area is 274 Å². The molecule has 2 atom stereocenters. The Kier molecular flexibility index (Phi) is 9.17. The zero-order valence-electron chi connectivity index (χ0n) is 24.2. The van der Waals surface area contributed by atoms with Gasteiger partial charge in [0.2, 0.25) is 0 Å². The Balaban J connectivity index is 1.30. The van der Waals surface area contributed by atoms with E-state index in [1.165, 1.54) is 22.0 Å². The van der Waals surface area contributed by atoms with Crippen LogP contribution >= 0.6 is 23.1 Å². The van der Waals surface area contributed by atoms with Gasteiger partial charge in [0.05, 0.1) is 0 Å². The molecule has 6 rings (SSSR count). The summed E-state index contributed by atoms with van der Waals surface area (Å²) in [6.07, 6.45) is -0.845. The third-order valence-electron chi connectivity index (χ3n) is 7.33. The summed E-state index contributed by atoms with van der Waals surface area (Å²) in [6.45, 7) is -0.318. The molecule has 1 fully saturated rings. The van der Waals surface area contributed by atoms with E-state index in [1.807, 2.05) is 12.1 Å². The Hall–Kier alpha value is -5.28. The minimum Gasteiger partial charge on any atom is -0.486 e. The highest BCUT2D eigenvalue weighted by molar-refractivity contribution is 8.00. The number of benzene rings is 3. The minimum atomic E-state index is -1.10. The Morgan fingerprint density at radius 3 is 2.36 bits per heavy atom.